The van der Waals surface area contributed by atoms with Crippen LogP contribution in [0.15, 0.2) is 18.2 Å². The lowest BCUT2D eigenvalue weighted by molar-refractivity contribution is -0.119. The van der Waals surface area contributed by atoms with E-state index < -0.39 is 0 Å². The standard InChI is InChI=1S/C13H12N2O2/c14-8-11-7-12(5-4-10(11)9-16)15-6-2-1-3-13(15)17/h4-5,7,9H,1-3,6H2. The average Bonchev–Trinajstić information content (AvgIpc) is 2.38. The number of benzene rings is 1. The van der Waals surface area contributed by atoms with Crippen LogP contribution in [0.2, 0.25) is 0 Å². The summed E-state index contributed by atoms with van der Waals surface area (Å²) < 4.78 is 0. The van der Waals surface area contributed by atoms with Crippen molar-refractivity contribution in [1.29, 1.82) is 5.26 Å². The summed E-state index contributed by atoms with van der Waals surface area (Å²) in [5.41, 5.74) is 1.38. The summed E-state index contributed by atoms with van der Waals surface area (Å²) in [7, 11) is 0. The molecule has 0 aliphatic carbocycles. The molecule has 2 rings (SSSR count). The molecule has 17 heavy (non-hydrogen) atoms. The van der Waals surface area contributed by atoms with E-state index in [0.29, 0.717) is 36.1 Å². The lowest BCUT2D eigenvalue weighted by atomic mass is 10.1. The van der Waals surface area contributed by atoms with Crippen LogP contribution in [0.1, 0.15) is 35.2 Å². The zero-order valence-electron chi connectivity index (χ0n) is 9.35. The maximum atomic E-state index is 11.7. The van der Waals surface area contributed by atoms with Crippen molar-refractivity contribution in [3.05, 3.63) is 29.3 Å². The molecule has 1 aromatic rings. The zero-order valence-corrected chi connectivity index (χ0v) is 9.35. The molecule has 1 saturated heterocycles. The first kappa shape index (κ1) is 11.3. The predicted octanol–water partition coefficient (Wildman–Crippen LogP) is 1.89. The molecule has 0 spiro atoms. The second kappa shape index (κ2) is 4.79. The van der Waals surface area contributed by atoms with Gasteiger partial charge >= 0.3 is 0 Å². The van der Waals surface area contributed by atoms with Crippen LogP contribution in [0.4, 0.5) is 5.69 Å². The molecule has 86 valence electrons. The van der Waals surface area contributed by atoms with Crippen LogP contribution in [-0.4, -0.2) is 18.7 Å². The molecule has 0 N–H and O–H groups in total. The maximum absolute atomic E-state index is 11.7. The highest BCUT2D eigenvalue weighted by atomic mass is 16.2. The van der Waals surface area contributed by atoms with Gasteiger partial charge in [0.2, 0.25) is 5.91 Å². The van der Waals surface area contributed by atoms with Gasteiger partial charge in [-0.1, -0.05) is 0 Å². The average molecular weight is 228 g/mol. The number of amides is 1. The van der Waals surface area contributed by atoms with Crippen LogP contribution >= 0.6 is 0 Å². The van der Waals surface area contributed by atoms with E-state index in [1.54, 1.807) is 23.1 Å². The van der Waals surface area contributed by atoms with Crippen LogP contribution in [0.25, 0.3) is 0 Å². The van der Waals surface area contributed by atoms with E-state index in [2.05, 4.69) is 0 Å². The van der Waals surface area contributed by atoms with Gasteiger partial charge in [-0.05, 0) is 31.0 Å². The fourth-order valence-corrected chi connectivity index (χ4v) is 1.99. The summed E-state index contributed by atoms with van der Waals surface area (Å²) in [6, 6.07) is 6.88. The van der Waals surface area contributed by atoms with Crippen molar-refractivity contribution < 1.29 is 9.59 Å². The summed E-state index contributed by atoms with van der Waals surface area (Å²) in [6.45, 7) is 0.685. The summed E-state index contributed by atoms with van der Waals surface area (Å²) in [4.78, 5) is 24.1. The summed E-state index contributed by atoms with van der Waals surface area (Å²) in [5, 5.41) is 8.93. The number of aldehydes is 1. The van der Waals surface area contributed by atoms with E-state index in [-0.39, 0.29) is 5.91 Å². The van der Waals surface area contributed by atoms with Crippen molar-refractivity contribution >= 4 is 17.9 Å². The molecule has 0 unspecified atom stereocenters. The first-order valence-electron chi connectivity index (χ1n) is 5.56. The Morgan fingerprint density at radius 3 is 2.82 bits per heavy atom. The second-order valence-electron chi connectivity index (χ2n) is 4.00. The molecule has 1 heterocycles. The van der Waals surface area contributed by atoms with Gasteiger partial charge in [-0.15, -0.1) is 0 Å². The van der Waals surface area contributed by atoms with Gasteiger partial charge < -0.3 is 4.90 Å². The highest BCUT2D eigenvalue weighted by Crippen LogP contribution is 2.23. The van der Waals surface area contributed by atoms with Gasteiger partial charge in [-0.25, -0.2) is 0 Å². The smallest absolute Gasteiger partial charge is 0.226 e. The molecule has 4 nitrogen and oxygen atoms in total. The minimum absolute atomic E-state index is 0.0824. The van der Waals surface area contributed by atoms with Gasteiger partial charge in [-0.3, -0.25) is 9.59 Å². The Morgan fingerprint density at radius 1 is 1.35 bits per heavy atom. The maximum Gasteiger partial charge on any atom is 0.226 e. The van der Waals surface area contributed by atoms with Gasteiger partial charge in [0.25, 0.3) is 0 Å². The predicted molar refractivity (Wildman–Crippen MR) is 62.7 cm³/mol. The molecule has 0 atom stereocenters. The largest absolute Gasteiger partial charge is 0.312 e. The molecule has 0 aromatic heterocycles. The highest BCUT2D eigenvalue weighted by Gasteiger charge is 2.20. The first-order valence-corrected chi connectivity index (χ1v) is 5.56. The number of hydrogen-bond acceptors (Lipinski definition) is 3. The van der Waals surface area contributed by atoms with E-state index in [1.807, 2.05) is 6.07 Å². The van der Waals surface area contributed by atoms with Crippen LogP contribution < -0.4 is 4.90 Å². The fraction of sp³-hybridized carbons (Fsp3) is 0.308. The Hall–Kier alpha value is -2.15. The third kappa shape index (κ3) is 2.18. The van der Waals surface area contributed by atoms with Crippen LogP contribution in [-0.2, 0) is 4.79 Å². The molecule has 0 bridgehead atoms. The topological polar surface area (TPSA) is 61.2 Å². The van der Waals surface area contributed by atoms with Crippen molar-refractivity contribution in [2.75, 3.05) is 11.4 Å². The van der Waals surface area contributed by atoms with E-state index in [0.717, 1.165) is 12.8 Å². The van der Waals surface area contributed by atoms with Crippen molar-refractivity contribution in [2.24, 2.45) is 0 Å². The molecule has 1 aromatic carbocycles. The van der Waals surface area contributed by atoms with E-state index >= 15 is 0 Å². The SMILES string of the molecule is N#Cc1cc(N2CCCCC2=O)ccc1C=O. The minimum Gasteiger partial charge on any atom is -0.312 e. The number of rotatable bonds is 2. The van der Waals surface area contributed by atoms with Crippen LogP contribution in [0, 0.1) is 11.3 Å². The summed E-state index contributed by atoms with van der Waals surface area (Å²) in [5.74, 6) is 0.0824. The van der Waals surface area contributed by atoms with E-state index in [9.17, 15) is 9.59 Å². The molecule has 1 amide bonds. The number of anilines is 1. The fourth-order valence-electron chi connectivity index (χ4n) is 1.99. The molecular weight excluding hydrogens is 216 g/mol. The highest BCUT2D eigenvalue weighted by molar-refractivity contribution is 5.94. The summed E-state index contributed by atoms with van der Waals surface area (Å²) >= 11 is 0. The number of carbonyl (C=O) groups is 2. The van der Waals surface area contributed by atoms with E-state index in [1.165, 1.54) is 0 Å². The Kier molecular flexibility index (Phi) is 3.20. The lowest BCUT2D eigenvalue weighted by Crippen LogP contribution is -2.35. The quantitative estimate of drug-likeness (QED) is 0.726. The Bertz CT molecular complexity index is 503. The normalized spacial score (nSPS) is 15.5. The number of piperidine rings is 1. The van der Waals surface area contributed by atoms with Crippen molar-refractivity contribution in [1.82, 2.24) is 0 Å². The lowest BCUT2D eigenvalue weighted by Gasteiger charge is -2.27. The van der Waals surface area contributed by atoms with Gasteiger partial charge in [0.15, 0.2) is 6.29 Å². The van der Waals surface area contributed by atoms with Crippen molar-refractivity contribution in [2.45, 2.75) is 19.3 Å². The van der Waals surface area contributed by atoms with Gasteiger partial charge in [0.05, 0.1) is 11.6 Å². The van der Waals surface area contributed by atoms with E-state index in [4.69, 9.17) is 5.26 Å². The van der Waals surface area contributed by atoms with Gasteiger partial charge in [0.1, 0.15) is 0 Å². The third-order valence-corrected chi connectivity index (χ3v) is 2.92. The molecule has 0 saturated carbocycles. The second-order valence-corrected chi connectivity index (χ2v) is 4.00. The van der Waals surface area contributed by atoms with Crippen LogP contribution in [0.5, 0.6) is 0 Å². The summed E-state index contributed by atoms with van der Waals surface area (Å²) in [6.07, 6.45) is 3.10. The molecule has 4 heteroatoms. The molecular formula is C13H12N2O2. The van der Waals surface area contributed by atoms with Crippen molar-refractivity contribution in [3.8, 4) is 6.07 Å². The zero-order chi connectivity index (χ0) is 12.3. The Morgan fingerprint density at radius 2 is 2.18 bits per heavy atom. The molecule has 1 aliphatic heterocycles. The van der Waals surface area contributed by atoms with Gasteiger partial charge in [0, 0.05) is 24.2 Å². The third-order valence-electron chi connectivity index (χ3n) is 2.92. The Balaban J connectivity index is 2.36. The number of carbonyl (C=O) groups excluding carboxylic acids is 2. The monoisotopic (exact) mass is 228 g/mol. The number of nitriles is 1. The first-order chi connectivity index (χ1) is 8.26. The molecule has 1 fully saturated rings. The number of nitrogens with zero attached hydrogens (tertiary/aromatic N) is 2. The number of hydrogen-bond donors (Lipinski definition) is 0. The van der Waals surface area contributed by atoms with Gasteiger partial charge in [-0.2, -0.15) is 5.26 Å². The minimum atomic E-state index is 0.0824. The van der Waals surface area contributed by atoms with Crippen molar-refractivity contribution in [3.63, 3.8) is 0 Å². The Labute approximate surface area is 99.5 Å². The van der Waals surface area contributed by atoms with Crippen LogP contribution in [0.3, 0.4) is 0 Å². The molecule has 1 aliphatic rings. The molecule has 0 radical (unpaired) electrons.